The molecule has 0 unspecified atom stereocenters. The Bertz CT molecular complexity index is 1090. The molecule has 0 spiro atoms. The Morgan fingerprint density at radius 1 is 1.00 bits per heavy atom. The zero-order valence-corrected chi connectivity index (χ0v) is 15.8. The van der Waals surface area contributed by atoms with Crippen LogP contribution in [0.5, 0.6) is 0 Å². The number of rotatable bonds is 4. The van der Waals surface area contributed by atoms with Crippen LogP contribution in [-0.2, 0) is 10.0 Å². The van der Waals surface area contributed by atoms with Crippen LogP contribution >= 0.6 is 23.2 Å². The Balaban J connectivity index is 1.94. The molecule has 26 heavy (non-hydrogen) atoms. The van der Waals surface area contributed by atoms with E-state index in [1.165, 1.54) is 36.4 Å². The molecule has 3 aromatic rings. The highest BCUT2D eigenvalue weighted by Gasteiger charge is 2.17. The first kappa shape index (κ1) is 18.6. The molecule has 1 aromatic heterocycles. The number of hydrogen-bond acceptors (Lipinski definition) is 3. The van der Waals surface area contributed by atoms with Crippen molar-refractivity contribution in [3.63, 3.8) is 0 Å². The monoisotopic (exact) mass is 410 g/mol. The van der Waals surface area contributed by atoms with E-state index in [1.807, 2.05) is 0 Å². The van der Waals surface area contributed by atoms with Crippen molar-refractivity contribution < 1.29 is 12.8 Å². The summed E-state index contributed by atoms with van der Waals surface area (Å²) in [5.74, 6) is -0.208. The first-order valence-corrected chi connectivity index (χ1v) is 9.71. The molecule has 3 rings (SSSR count). The van der Waals surface area contributed by atoms with Gasteiger partial charge >= 0.3 is 0 Å². The number of halogens is 3. The number of hydrogen-bond donors (Lipinski definition) is 1. The number of aryl methyl sites for hydroxylation is 1. The molecule has 0 bridgehead atoms. The van der Waals surface area contributed by atoms with E-state index in [2.05, 4.69) is 9.71 Å². The van der Waals surface area contributed by atoms with Crippen LogP contribution in [0.15, 0.2) is 59.5 Å². The summed E-state index contributed by atoms with van der Waals surface area (Å²) in [5, 5.41) is 0.399. The molecule has 2 aromatic carbocycles. The molecule has 1 heterocycles. The van der Waals surface area contributed by atoms with Crippen molar-refractivity contribution >= 4 is 39.0 Å². The van der Waals surface area contributed by atoms with Gasteiger partial charge in [0.1, 0.15) is 11.6 Å². The van der Waals surface area contributed by atoms with E-state index < -0.39 is 10.0 Å². The number of nitrogens with one attached hydrogen (secondary N) is 1. The molecule has 4 nitrogen and oxygen atoms in total. The summed E-state index contributed by atoms with van der Waals surface area (Å²) in [7, 11) is -3.88. The fourth-order valence-corrected chi connectivity index (χ4v) is 3.79. The van der Waals surface area contributed by atoms with Gasteiger partial charge in [-0.1, -0.05) is 29.3 Å². The molecule has 0 saturated heterocycles. The molecule has 0 fully saturated rings. The van der Waals surface area contributed by atoms with Crippen molar-refractivity contribution in [2.24, 2.45) is 0 Å². The van der Waals surface area contributed by atoms with Crippen molar-refractivity contribution in [2.45, 2.75) is 11.8 Å². The van der Waals surface area contributed by atoms with Crippen molar-refractivity contribution in [3.8, 4) is 11.3 Å². The summed E-state index contributed by atoms with van der Waals surface area (Å²) in [6, 6.07) is 13.3. The largest absolute Gasteiger partial charge is 0.263 e. The van der Waals surface area contributed by atoms with Gasteiger partial charge in [0.15, 0.2) is 0 Å². The molecule has 0 radical (unpaired) electrons. The molecule has 0 saturated carbocycles. The molecule has 0 atom stereocenters. The number of nitrogens with zero attached hydrogens (tertiary/aromatic N) is 1. The molecule has 134 valence electrons. The van der Waals surface area contributed by atoms with Crippen molar-refractivity contribution in [2.75, 3.05) is 4.72 Å². The lowest BCUT2D eigenvalue weighted by molar-refractivity contribution is 0.601. The molecule has 0 amide bonds. The molecule has 8 heteroatoms. The molecule has 0 aliphatic rings. The van der Waals surface area contributed by atoms with Crippen LogP contribution < -0.4 is 4.72 Å². The Kier molecular flexibility index (Phi) is 5.18. The lowest BCUT2D eigenvalue weighted by Crippen LogP contribution is -2.14. The van der Waals surface area contributed by atoms with Crippen LogP contribution in [0.3, 0.4) is 0 Å². The minimum atomic E-state index is -3.88. The average molecular weight is 411 g/mol. The first-order chi connectivity index (χ1) is 12.3. The highest BCUT2D eigenvalue weighted by molar-refractivity contribution is 7.92. The van der Waals surface area contributed by atoms with Gasteiger partial charge in [0, 0.05) is 5.56 Å². The van der Waals surface area contributed by atoms with E-state index in [0.717, 1.165) is 0 Å². The smallest absolute Gasteiger partial charge is 0.263 e. The standard InChI is InChI=1S/C18H13Cl2FN2O2S/c1-11-9-12(21)5-7-14(11)17-3-2-4-18(22-17)23-26(24,25)13-6-8-15(19)16(20)10-13/h2-10H,1H3,(H,22,23). The topological polar surface area (TPSA) is 59.1 Å². The van der Waals surface area contributed by atoms with E-state index in [4.69, 9.17) is 23.2 Å². The zero-order chi connectivity index (χ0) is 18.9. The maximum absolute atomic E-state index is 13.3. The second kappa shape index (κ2) is 7.23. The van der Waals surface area contributed by atoms with Gasteiger partial charge in [0.2, 0.25) is 0 Å². The van der Waals surface area contributed by atoms with Crippen molar-refractivity contribution in [3.05, 3.63) is 76.0 Å². The maximum Gasteiger partial charge on any atom is 0.263 e. The molecule has 0 aliphatic carbocycles. The predicted octanol–water partition coefficient (Wildman–Crippen LogP) is 5.30. The van der Waals surface area contributed by atoms with Crippen LogP contribution in [0.1, 0.15) is 5.56 Å². The number of sulfonamides is 1. The summed E-state index contributed by atoms with van der Waals surface area (Å²) >= 11 is 11.7. The number of pyridine rings is 1. The van der Waals surface area contributed by atoms with Crippen LogP contribution in [-0.4, -0.2) is 13.4 Å². The average Bonchev–Trinajstić information content (AvgIpc) is 2.57. The molecule has 0 aliphatic heterocycles. The minimum Gasteiger partial charge on any atom is -0.263 e. The van der Waals surface area contributed by atoms with Gasteiger partial charge in [0.25, 0.3) is 10.0 Å². The molecular weight excluding hydrogens is 398 g/mol. The maximum atomic E-state index is 13.3. The lowest BCUT2D eigenvalue weighted by Gasteiger charge is -2.10. The number of aromatic nitrogens is 1. The lowest BCUT2D eigenvalue weighted by atomic mass is 10.1. The van der Waals surface area contributed by atoms with Crippen molar-refractivity contribution in [1.29, 1.82) is 0 Å². The SMILES string of the molecule is Cc1cc(F)ccc1-c1cccc(NS(=O)(=O)c2ccc(Cl)c(Cl)c2)n1. The summed E-state index contributed by atoms with van der Waals surface area (Å²) in [6.07, 6.45) is 0. The van der Waals surface area contributed by atoms with Gasteiger partial charge in [-0.15, -0.1) is 0 Å². The van der Waals surface area contributed by atoms with E-state index in [0.29, 0.717) is 16.8 Å². The zero-order valence-electron chi connectivity index (χ0n) is 13.5. The first-order valence-electron chi connectivity index (χ1n) is 7.48. The quantitative estimate of drug-likeness (QED) is 0.634. The van der Waals surface area contributed by atoms with E-state index in [-0.39, 0.29) is 26.6 Å². The number of anilines is 1. The summed E-state index contributed by atoms with van der Waals surface area (Å²) in [6.45, 7) is 1.76. The van der Waals surface area contributed by atoms with Gasteiger partial charge in [-0.05, 0) is 61.0 Å². The third-order valence-corrected chi connectivity index (χ3v) is 5.75. The van der Waals surface area contributed by atoms with Crippen LogP contribution in [0.4, 0.5) is 10.2 Å². The molecule has 1 N–H and O–H groups in total. The second-order valence-electron chi connectivity index (χ2n) is 5.55. The van der Waals surface area contributed by atoms with Crippen LogP contribution in [0, 0.1) is 12.7 Å². The van der Waals surface area contributed by atoms with Crippen LogP contribution in [0.25, 0.3) is 11.3 Å². The highest BCUT2D eigenvalue weighted by atomic mass is 35.5. The second-order valence-corrected chi connectivity index (χ2v) is 8.05. The summed E-state index contributed by atoms with van der Waals surface area (Å²) in [4.78, 5) is 4.28. The van der Waals surface area contributed by atoms with Crippen molar-refractivity contribution in [1.82, 2.24) is 4.98 Å². The highest BCUT2D eigenvalue weighted by Crippen LogP contribution is 2.27. The Morgan fingerprint density at radius 3 is 2.46 bits per heavy atom. The Hall–Kier alpha value is -2.15. The van der Waals surface area contributed by atoms with Crippen LogP contribution in [0.2, 0.25) is 10.0 Å². The fraction of sp³-hybridized carbons (Fsp3) is 0.0556. The Morgan fingerprint density at radius 2 is 1.77 bits per heavy atom. The third-order valence-electron chi connectivity index (χ3n) is 3.65. The van der Waals surface area contributed by atoms with Gasteiger partial charge in [-0.3, -0.25) is 4.72 Å². The molecular formula is C18H13Cl2FN2O2S. The fourth-order valence-electron chi connectivity index (χ4n) is 2.40. The normalized spacial score (nSPS) is 11.4. The number of benzene rings is 2. The minimum absolute atomic E-state index is 0.0305. The third kappa shape index (κ3) is 3.98. The van der Waals surface area contributed by atoms with E-state index >= 15 is 0 Å². The van der Waals surface area contributed by atoms with E-state index in [1.54, 1.807) is 25.1 Å². The van der Waals surface area contributed by atoms with E-state index in [9.17, 15) is 12.8 Å². The Labute approximate surface area is 160 Å². The van der Waals surface area contributed by atoms with Gasteiger partial charge in [-0.25, -0.2) is 17.8 Å². The predicted molar refractivity (Wildman–Crippen MR) is 102 cm³/mol. The van der Waals surface area contributed by atoms with Gasteiger partial charge in [0.05, 0.1) is 20.6 Å². The summed E-state index contributed by atoms with van der Waals surface area (Å²) in [5.41, 5.74) is 1.93. The van der Waals surface area contributed by atoms with Gasteiger partial charge < -0.3 is 0 Å². The summed E-state index contributed by atoms with van der Waals surface area (Å²) < 4.78 is 40.7. The van der Waals surface area contributed by atoms with Gasteiger partial charge in [-0.2, -0.15) is 0 Å².